The molecule has 204 valence electrons. The van der Waals surface area contributed by atoms with Gasteiger partial charge in [-0.3, -0.25) is 14.3 Å². The van der Waals surface area contributed by atoms with Crippen molar-refractivity contribution in [3.05, 3.63) is 62.9 Å². The van der Waals surface area contributed by atoms with Gasteiger partial charge in [0.25, 0.3) is 11.8 Å². The van der Waals surface area contributed by atoms with E-state index in [0.29, 0.717) is 50.9 Å². The second kappa shape index (κ2) is 12.7. The van der Waals surface area contributed by atoms with Crippen molar-refractivity contribution in [3.63, 3.8) is 0 Å². The normalized spacial score (nSPS) is 17.9. The average Bonchev–Trinajstić information content (AvgIpc) is 3.62. The zero-order valence-corrected chi connectivity index (χ0v) is 22.6. The molecule has 0 radical (unpaired) electrons. The Bertz CT molecular complexity index is 1370. The Morgan fingerprint density at radius 1 is 1.26 bits per heavy atom. The van der Waals surface area contributed by atoms with Crippen molar-refractivity contribution in [2.24, 2.45) is 5.92 Å². The number of thiophene rings is 1. The molecule has 0 spiro atoms. The molecule has 0 aliphatic carbocycles. The number of hydrogen-bond acceptors (Lipinski definition) is 7. The number of rotatable bonds is 6. The number of amides is 2. The number of piperidine rings is 1. The number of anilines is 1. The molecule has 0 bridgehead atoms. The van der Waals surface area contributed by atoms with Gasteiger partial charge in [-0.2, -0.15) is 5.10 Å². The molecule has 12 heteroatoms. The van der Waals surface area contributed by atoms with E-state index in [1.54, 1.807) is 10.9 Å². The van der Waals surface area contributed by atoms with Gasteiger partial charge in [-0.05, 0) is 42.7 Å². The van der Waals surface area contributed by atoms with E-state index in [4.69, 9.17) is 21.1 Å². The first-order chi connectivity index (χ1) is 19.0. The maximum absolute atomic E-state index is 14.6. The molecular formula is C27H27ClFN5O4S. The second-order valence-electron chi connectivity index (χ2n) is 9.32. The van der Waals surface area contributed by atoms with E-state index in [1.165, 1.54) is 23.6 Å². The molecule has 2 fully saturated rings. The molecule has 1 N–H and O–H groups in total. The largest absolute Gasteiger partial charge is 0.376 e. The van der Waals surface area contributed by atoms with Gasteiger partial charge in [0, 0.05) is 37.6 Å². The van der Waals surface area contributed by atoms with Crippen molar-refractivity contribution in [3.8, 4) is 11.8 Å². The maximum Gasteiger partial charge on any atom is 0.278 e. The summed E-state index contributed by atoms with van der Waals surface area (Å²) in [5, 5.41) is 8.82. The predicted octanol–water partition coefficient (Wildman–Crippen LogP) is 3.83. The van der Waals surface area contributed by atoms with Gasteiger partial charge in [-0.25, -0.2) is 9.37 Å². The summed E-state index contributed by atoms with van der Waals surface area (Å²) in [6, 6.07) is 4.98. The Hall–Kier alpha value is -3.30. The molecule has 3 aromatic heterocycles. The Labute approximate surface area is 234 Å². The van der Waals surface area contributed by atoms with E-state index in [0.717, 1.165) is 24.1 Å². The molecule has 2 aliphatic heterocycles. The molecule has 0 aromatic carbocycles. The molecule has 1 unspecified atom stereocenters. The van der Waals surface area contributed by atoms with Gasteiger partial charge in [0.05, 0.1) is 29.7 Å². The first kappa shape index (κ1) is 27.3. The number of nitrogens with one attached hydrogen (secondary N) is 1. The van der Waals surface area contributed by atoms with Gasteiger partial charge in [-0.1, -0.05) is 29.5 Å². The fourth-order valence-corrected chi connectivity index (χ4v) is 5.31. The van der Waals surface area contributed by atoms with Gasteiger partial charge < -0.3 is 19.7 Å². The summed E-state index contributed by atoms with van der Waals surface area (Å²) in [4.78, 5) is 32.1. The molecule has 2 saturated heterocycles. The fraction of sp³-hybridized carbons (Fsp3) is 0.407. The van der Waals surface area contributed by atoms with Gasteiger partial charge in [0.15, 0.2) is 23.4 Å². The van der Waals surface area contributed by atoms with Crippen LogP contribution in [0.5, 0.6) is 0 Å². The predicted molar refractivity (Wildman–Crippen MR) is 144 cm³/mol. The SMILES string of the molecule is O=C(Nc1ncc(C#Cc2cccs2)cc1F)c1nn(CCC2CCN(C(=O)C3COCCO3)CC2)cc1Cl. The molecule has 1 atom stereocenters. The zero-order valence-electron chi connectivity index (χ0n) is 21.1. The molecule has 39 heavy (non-hydrogen) atoms. The summed E-state index contributed by atoms with van der Waals surface area (Å²) in [5.41, 5.74) is 0.391. The Morgan fingerprint density at radius 2 is 2.10 bits per heavy atom. The third kappa shape index (κ3) is 7.02. The van der Waals surface area contributed by atoms with Gasteiger partial charge in [-0.15, -0.1) is 11.3 Å². The quantitative estimate of drug-likeness (QED) is 0.452. The summed E-state index contributed by atoms with van der Waals surface area (Å²) < 4.78 is 27.1. The highest BCUT2D eigenvalue weighted by atomic mass is 35.5. The number of carbonyl (C=O) groups is 2. The minimum absolute atomic E-state index is 0.00505. The Kier molecular flexibility index (Phi) is 8.88. The number of pyridine rings is 1. The van der Waals surface area contributed by atoms with E-state index in [-0.39, 0.29) is 22.4 Å². The van der Waals surface area contributed by atoms with Gasteiger partial charge >= 0.3 is 0 Å². The molecule has 3 aromatic rings. The van der Waals surface area contributed by atoms with Crippen molar-refractivity contribution in [2.75, 3.05) is 38.2 Å². The fourth-order valence-electron chi connectivity index (χ4n) is 4.50. The highest BCUT2D eigenvalue weighted by molar-refractivity contribution is 7.10. The summed E-state index contributed by atoms with van der Waals surface area (Å²) >= 11 is 7.76. The standard InChI is InChI=1S/C27H27ClFN5O4S/c28-21-16-34(10-7-18-5-8-33(9-6-18)27(36)23-17-37-11-12-38-23)32-24(21)26(35)31-25-22(29)14-19(15-30-25)3-4-20-2-1-13-39-20/h1-2,13-16,18,23H,5-12,17H2,(H,30,31,35). The van der Waals surface area contributed by atoms with Crippen LogP contribution in [-0.4, -0.2) is 70.5 Å². The molecule has 9 nitrogen and oxygen atoms in total. The van der Waals surface area contributed by atoms with Crippen LogP contribution in [0.2, 0.25) is 5.02 Å². The van der Waals surface area contributed by atoms with Crippen molar-refractivity contribution in [2.45, 2.75) is 31.9 Å². The smallest absolute Gasteiger partial charge is 0.278 e. The number of aryl methyl sites for hydroxylation is 1. The number of carbonyl (C=O) groups excluding carboxylic acids is 2. The first-order valence-corrected chi connectivity index (χ1v) is 14.0. The Balaban J connectivity index is 1.11. The minimum Gasteiger partial charge on any atom is -0.376 e. The van der Waals surface area contributed by atoms with Crippen molar-refractivity contribution in [1.82, 2.24) is 19.7 Å². The van der Waals surface area contributed by atoms with E-state index >= 15 is 0 Å². The van der Waals surface area contributed by atoms with Crippen LogP contribution in [0.15, 0.2) is 36.0 Å². The summed E-state index contributed by atoms with van der Waals surface area (Å²) in [6.45, 7) is 3.20. The number of likely N-dealkylation sites (tertiary alicyclic amines) is 1. The van der Waals surface area contributed by atoms with Crippen LogP contribution >= 0.6 is 22.9 Å². The molecule has 0 saturated carbocycles. The highest BCUT2D eigenvalue weighted by Gasteiger charge is 2.30. The monoisotopic (exact) mass is 571 g/mol. The van der Waals surface area contributed by atoms with Crippen LogP contribution in [0.1, 0.15) is 40.2 Å². The number of nitrogens with zero attached hydrogens (tertiary/aromatic N) is 4. The number of hydrogen-bond donors (Lipinski definition) is 1. The van der Waals surface area contributed by atoms with E-state index in [9.17, 15) is 14.0 Å². The van der Waals surface area contributed by atoms with Gasteiger partial charge in [0.2, 0.25) is 0 Å². The number of ether oxygens (including phenoxy) is 2. The van der Waals surface area contributed by atoms with E-state index in [1.807, 2.05) is 22.4 Å². The van der Waals surface area contributed by atoms with Gasteiger partial charge in [0.1, 0.15) is 0 Å². The first-order valence-electron chi connectivity index (χ1n) is 12.7. The molecular weight excluding hydrogens is 545 g/mol. The molecule has 5 rings (SSSR count). The lowest BCUT2D eigenvalue weighted by molar-refractivity contribution is -0.159. The summed E-state index contributed by atoms with van der Waals surface area (Å²) in [7, 11) is 0. The van der Waals surface area contributed by atoms with Crippen molar-refractivity contribution < 1.29 is 23.5 Å². The third-order valence-electron chi connectivity index (χ3n) is 6.64. The highest BCUT2D eigenvalue weighted by Crippen LogP contribution is 2.24. The van der Waals surface area contributed by atoms with Crippen LogP contribution in [0.4, 0.5) is 10.2 Å². The topological polar surface area (TPSA) is 98.6 Å². The lowest BCUT2D eigenvalue weighted by Gasteiger charge is -2.35. The van der Waals surface area contributed by atoms with E-state index < -0.39 is 17.8 Å². The molecule has 2 amide bonds. The van der Waals surface area contributed by atoms with Crippen LogP contribution in [-0.2, 0) is 20.8 Å². The lowest BCUT2D eigenvalue weighted by atomic mass is 9.93. The minimum atomic E-state index is -0.704. The number of halogens is 2. The number of aromatic nitrogens is 3. The van der Waals surface area contributed by atoms with Crippen LogP contribution in [0.3, 0.4) is 0 Å². The molecule has 2 aliphatic rings. The van der Waals surface area contributed by atoms with Crippen LogP contribution in [0.25, 0.3) is 0 Å². The molecule has 5 heterocycles. The zero-order chi connectivity index (χ0) is 27.2. The summed E-state index contributed by atoms with van der Waals surface area (Å²) in [5.74, 6) is 4.62. The average molecular weight is 572 g/mol. The lowest BCUT2D eigenvalue weighted by Crippen LogP contribution is -2.48. The van der Waals surface area contributed by atoms with Crippen LogP contribution < -0.4 is 5.32 Å². The van der Waals surface area contributed by atoms with Crippen molar-refractivity contribution in [1.29, 1.82) is 0 Å². The van der Waals surface area contributed by atoms with Crippen LogP contribution in [0, 0.1) is 23.6 Å². The van der Waals surface area contributed by atoms with Crippen molar-refractivity contribution >= 4 is 40.6 Å². The summed E-state index contributed by atoms with van der Waals surface area (Å²) in [6.07, 6.45) is 5.06. The maximum atomic E-state index is 14.6. The van der Waals surface area contributed by atoms with E-state index in [2.05, 4.69) is 27.2 Å². The second-order valence-corrected chi connectivity index (χ2v) is 10.7. The third-order valence-corrected chi connectivity index (χ3v) is 7.70. The Morgan fingerprint density at radius 3 is 2.82 bits per heavy atom.